The van der Waals surface area contributed by atoms with Crippen molar-refractivity contribution in [2.45, 2.75) is 44.9 Å². The average molecular weight is 279 g/mol. The van der Waals surface area contributed by atoms with Gasteiger partial charge in [-0.2, -0.15) is 0 Å². The summed E-state index contributed by atoms with van der Waals surface area (Å²) in [6, 6.07) is 6.14. The van der Waals surface area contributed by atoms with E-state index in [1.165, 1.54) is 12.8 Å². The molecule has 0 spiro atoms. The van der Waals surface area contributed by atoms with Crippen LogP contribution in [0.25, 0.3) is 0 Å². The predicted octanol–water partition coefficient (Wildman–Crippen LogP) is 2.51. The minimum atomic E-state index is -0.587. The average Bonchev–Trinajstić information content (AvgIpc) is 3.27. The van der Waals surface area contributed by atoms with E-state index >= 15 is 0 Å². The van der Waals surface area contributed by atoms with Gasteiger partial charge in [0.1, 0.15) is 11.5 Å². The minimum Gasteiger partial charge on any atom is -0.497 e. The molecule has 1 aliphatic carbocycles. The lowest BCUT2D eigenvalue weighted by Gasteiger charge is -2.29. The largest absolute Gasteiger partial charge is 0.497 e. The molecule has 2 atom stereocenters. The molecule has 4 heteroatoms. The maximum atomic E-state index is 10.7. The molecule has 112 valence electrons. The van der Waals surface area contributed by atoms with E-state index in [4.69, 9.17) is 9.47 Å². The van der Waals surface area contributed by atoms with Gasteiger partial charge in [0.15, 0.2) is 0 Å². The molecule has 0 heterocycles. The Kier molecular flexibility index (Phi) is 4.89. The molecular weight excluding hydrogens is 254 g/mol. The van der Waals surface area contributed by atoms with Gasteiger partial charge in [0.25, 0.3) is 0 Å². The van der Waals surface area contributed by atoms with Gasteiger partial charge in [-0.15, -0.1) is 0 Å². The van der Waals surface area contributed by atoms with E-state index in [9.17, 15) is 5.11 Å². The number of ether oxygens (including phenoxy) is 2. The highest BCUT2D eigenvalue weighted by molar-refractivity contribution is 5.42. The standard InChI is InChI=1S/C16H25NO3/c1-10(2)15(17-11-5-6-11)16(18)13-8-7-12(19-3)9-14(13)20-4/h7-11,15-18H,5-6H2,1-4H3. The number of hydrogen-bond donors (Lipinski definition) is 2. The van der Waals surface area contributed by atoms with Crippen LogP contribution in [0.3, 0.4) is 0 Å². The Morgan fingerprint density at radius 2 is 1.90 bits per heavy atom. The van der Waals surface area contributed by atoms with Crippen LogP contribution in [-0.2, 0) is 0 Å². The molecule has 4 nitrogen and oxygen atoms in total. The van der Waals surface area contributed by atoms with Crippen molar-refractivity contribution < 1.29 is 14.6 Å². The Morgan fingerprint density at radius 3 is 2.40 bits per heavy atom. The Bertz CT molecular complexity index is 443. The number of rotatable bonds is 7. The summed E-state index contributed by atoms with van der Waals surface area (Å²) in [5, 5.41) is 14.3. The molecule has 1 saturated carbocycles. The molecule has 0 aromatic heterocycles. The van der Waals surface area contributed by atoms with Crippen LogP contribution >= 0.6 is 0 Å². The topological polar surface area (TPSA) is 50.7 Å². The van der Waals surface area contributed by atoms with Crippen molar-refractivity contribution in [3.8, 4) is 11.5 Å². The van der Waals surface area contributed by atoms with Gasteiger partial charge in [0.05, 0.1) is 20.3 Å². The number of aliphatic hydroxyl groups excluding tert-OH is 1. The highest BCUT2D eigenvalue weighted by Gasteiger charge is 2.32. The predicted molar refractivity (Wildman–Crippen MR) is 79.3 cm³/mol. The van der Waals surface area contributed by atoms with Gasteiger partial charge in [0.2, 0.25) is 0 Å². The van der Waals surface area contributed by atoms with Crippen LogP contribution in [0.1, 0.15) is 38.4 Å². The van der Waals surface area contributed by atoms with Crippen molar-refractivity contribution in [2.24, 2.45) is 5.92 Å². The molecule has 1 aromatic rings. The lowest BCUT2D eigenvalue weighted by atomic mass is 9.92. The fourth-order valence-corrected chi connectivity index (χ4v) is 2.43. The second kappa shape index (κ2) is 6.46. The van der Waals surface area contributed by atoms with E-state index < -0.39 is 6.10 Å². The molecule has 2 rings (SSSR count). The monoisotopic (exact) mass is 279 g/mol. The van der Waals surface area contributed by atoms with Crippen LogP contribution in [0.2, 0.25) is 0 Å². The summed E-state index contributed by atoms with van der Waals surface area (Å²) < 4.78 is 10.6. The molecule has 0 amide bonds. The van der Waals surface area contributed by atoms with Crippen LogP contribution in [0, 0.1) is 5.92 Å². The van der Waals surface area contributed by atoms with Crippen LogP contribution in [-0.4, -0.2) is 31.4 Å². The van der Waals surface area contributed by atoms with Crippen molar-refractivity contribution in [1.29, 1.82) is 0 Å². The van der Waals surface area contributed by atoms with Gasteiger partial charge in [-0.3, -0.25) is 0 Å². The Hall–Kier alpha value is -1.26. The zero-order valence-corrected chi connectivity index (χ0v) is 12.7. The van der Waals surface area contributed by atoms with Gasteiger partial charge in [-0.1, -0.05) is 13.8 Å². The summed E-state index contributed by atoms with van der Waals surface area (Å²) in [5.74, 6) is 1.74. The molecule has 20 heavy (non-hydrogen) atoms. The number of methoxy groups -OCH3 is 2. The summed E-state index contributed by atoms with van der Waals surface area (Å²) in [7, 11) is 3.24. The van der Waals surface area contributed by atoms with Crippen LogP contribution in [0.15, 0.2) is 18.2 Å². The Labute approximate surface area is 121 Å². The highest BCUT2D eigenvalue weighted by atomic mass is 16.5. The number of hydrogen-bond acceptors (Lipinski definition) is 4. The normalized spacial score (nSPS) is 17.9. The smallest absolute Gasteiger partial charge is 0.128 e. The van der Waals surface area contributed by atoms with E-state index in [-0.39, 0.29) is 6.04 Å². The third kappa shape index (κ3) is 3.44. The van der Waals surface area contributed by atoms with Crippen molar-refractivity contribution in [1.82, 2.24) is 5.32 Å². The Morgan fingerprint density at radius 1 is 1.20 bits per heavy atom. The van der Waals surface area contributed by atoms with Crippen molar-refractivity contribution in [3.05, 3.63) is 23.8 Å². The molecule has 1 fully saturated rings. The van der Waals surface area contributed by atoms with Gasteiger partial charge < -0.3 is 19.9 Å². The molecule has 0 aliphatic heterocycles. The van der Waals surface area contributed by atoms with Gasteiger partial charge >= 0.3 is 0 Å². The second-order valence-electron chi connectivity index (χ2n) is 5.76. The quantitative estimate of drug-likeness (QED) is 0.805. The summed E-state index contributed by atoms with van der Waals surface area (Å²) in [5.41, 5.74) is 0.806. The van der Waals surface area contributed by atoms with Gasteiger partial charge in [0, 0.05) is 23.7 Å². The van der Waals surface area contributed by atoms with Crippen molar-refractivity contribution in [2.75, 3.05) is 14.2 Å². The summed E-state index contributed by atoms with van der Waals surface area (Å²) in [6.45, 7) is 4.25. The molecule has 2 unspecified atom stereocenters. The first-order valence-electron chi connectivity index (χ1n) is 7.22. The number of nitrogens with one attached hydrogen (secondary N) is 1. The molecule has 1 aliphatic rings. The maximum absolute atomic E-state index is 10.7. The molecule has 0 saturated heterocycles. The number of benzene rings is 1. The summed E-state index contributed by atoms with van der Waals surface area (Å²) >= 11 is 0. The van der Waals surface area contributed by atoms with E-state index in [2.05, 4.69) is 19.2 Å². The van der Waals surface area contributed by atoms with Gasteiger partial charge in [-0.25, -0.2) is 0 Å². The van der Waals surface area contributed by atoms with Crippen LogP contribution in [0.5, 0.6) is 11.5 Å². The highest BCUT2D eigenvalue weighted by Crippen LogP contribution is 2.34. The molecule has 0 bridgehead atoms. The van der Waals surface area contributed by atoms with Gasteiger partial charge in [-0.05, 0) is 30.9 Å². The van der Waals surface area contributed by atoms with Crippen LogP contribution in [0.4, 0.5) is 0 Å². The minimum absolute atomic E-state index is 0.0322. The SMILES string of the molecule is COc1ccc(C(O)C(NC2CC2)C(C)C)c(OC)c1. The molecular formula is C16H25NO3. The fraction of sp³-hybridized carbons (Fsp3) is 0.625. The third-order valence-electron chi connectivity index (χ3n) is 3.82. The third-order valence-corrected chi connectivity index (χ3v) is 3.82. The first-order chi connectivity index (χ1) is 9.56. The first kappa shape index (κ1) is 15.1. The summed E-state index contributed by atoms with van der Waals surface area (Å²) in [4.78, 5) is 0. The lowest BCUT2D eigenvalue weighted by molar-refractivity contribution is 0.101. The summed E-state index contributed by atoms with van der Waals surface area (Å²) in [6.07, 6.45) is 1.82. The number of aliphatic hydroxyl groups is 1. The maximum Gasteiger partial charge on any atom is 0.128 e. The van der Waals surface area contributed by atoms with E-state index in [0.29, 0.717) is 17.7 Å². The van der Waals surface area contributed by atoms with Crippen LogP contribution < -0.4 is 14.8 Å². The zero-order valence-electron chi connectivity index (χ0n) is 12.7. The fourth-order valence-electron chi connectivity index (χ4n) is 2.43. The van der Waals surface area contributed by atoms with E-state index in [1.807, 2.05) is 18.2 Å². The second-order valence-corrected chi connectivity index (χ2v) is 5.76. The van der Waals surface area contributed by atoms with E-state index in [1.54, 1.807) is 14.2 Å². The molecule has 2 N–H and O–H groups in total. The van der Waals surface area contributed by atoms with Crippen molar-refractivity contribution >= 4 is 0 Å². The zero-order chi connectivity index (χ0) is 14.7. The first-order valence-corrected chi connectivity index (χ1v) is 7.22. The van der Waals surface area contributed by atoms with Crippen molar-refractivity contribution in [3.63, 3.8) is 0 Å². The lowest BCUT2D eigenvalue weighted by Crippen LogP contribution is -2.40. The molecule has 1 aromatic carbocycles. The van der Waals surface area contributed by atoms with E-state index in [0.717, 1.165) is 11.3 Å². The molecule has 0 radical (unpaired) electrons. The Balaban J connectivity index is 2.22.